The second-order valence-corrected chi connectivity index (χ2v) is 8.19. The molecule has 2 amide bonds. The maximum absolute atomic E-state index is 12.4. The van der Waals surface area contributed by atoms with Crippen LogP contribution in [0.25, 0.3) is 0 Å². The molecule has 1 aliphatic carbocycles. The highest BCUT2D eigenvalue weighted by Crippen LogP contribution is 2.23. The van der Waals surface area contributed by atoms with E-state index in [0.717, 1.165) is 18.4 Å². The molecule has 0 radical (unpaired) electrons. The van der Waals surface area contributed by atoms with Gasteiger partial charge in [0, 0.05) is 38.0 Å². The van der Waals surface area contributed by atoms with Crippen LogP contribution in [0.1, 0.15) is 52.9 Å². The molecule has 28 heavy (non-hydrogen) atoms. The Labute approximate surface area is 165 Å². The molecule has 1 saturated heterocycles. The Kier molecular flexibility index (Phi) is 5.15. The smallest absolute Gasteiger partial charge is 0.273 e. The third-order valence-corrected chi connectivity index (χ3v) is 5.90. The van der Waals surface area contributed by atoms with Crippen LogP contribution in [0, 0.1) is 19.8 Å². The van der Waals surface area contributed by atoms with E-state index in [1.165, 1.54) is 17.5 Å². The molecule has 2 fully saturated rings. The summed E-state index contributed by atoms with van der Waals surface area (Å²) in [4.78, 5) is 26.5. The lowest BCUT2D eigenvalue weighted by Crippen LogP contribution is -2.39. The Bertz CT molecular complexity index is 887. The Hall–Kier alpha value is -2.70. The zero-order valence-corrected chi connectivity index (χ0v) is 16.5. The molecule has 1 aromatic carbocycles. The van der Waals surface area contributed by atoms with Crippen LogP contribution in [0.15, 0.2) is 24.4 Å². The Morgan fingerprint density at radius 1 is 1.25 bits per heavy atom. The number of likely N-dealkylation sites (tertiary alicyclic amines) is 1. The fourth-order valence-electron chi connectivity index (χ4n) is 3.82. The van der Waals surface area contributed by atoms with Gasteiger partial charge in [0.25, 0.3) is 5.91 Å². The van der Waals surface area contributed by atoms with Gasteiger partial charge in [-0.1, -0.05) is 23.4 Å². The molecular formula is C21H27N5O2. The number of hydrogen-bond donors (Lipinski definition) is 1. The van der Waals surface area contributed by atoms with Gasteiger partial charge < -0.3 is 10.2 Å². The Morgan fingerprint density at radius 3 is 2.79 bits per heavy atom. The second-order valence-electron chi connectivity index (χ2n) is 8.19. The van der Waals surface area contributed by atoms with E-state index in [1.807, 2.05) is 4.90 Å². The van der Waals surface area contributed by atoms with Gasteiger partial charge in [-0.2, -0.15) is 0 Å². The maximum atomic E-state index is 12.4. The summed E-state index contributed by atoms with van der Waals surface area (Å²) in [6, 6.07) is 6.63. The first-order valence-electron chi connectivity index (χ1n) is 10.0. The number of rotatable bonds is 6. The summed E-state index contributed by atoms with van der Waals surface area (Å²) >= 11 is 0. The second kappa shape index (κ2) is 7.73. The molecule has 7 heteroatoms. The average molecular weight is 381 g/mol. The minimum atomic E-state index is -0.158. The van der Waals surface area contributed by atoms with Crippen LogP contribution in [0.4, 0.5) is 0 Å². The zero-order valence-electron chi connectivity index (χ0n) is 16.5. The van der Waals surface area contributed by atoms with Gasteiger partial charge in [0.1, 0.15) is 0 Å². The maximum Gasteiger partial charge on any atom is 0.273 e. The lowest BCUT2D eigenvalue weighted by Gasteiger charge is -2.25. The third-order valence-electron chi connectivity index (χ3n) is 5.90. The van der Waals surface area contributed by atoms with Crippen LogP contribution in [0.5, 0.6) is 0 Å². The van der Waals surface area contributed by atoms with Crippen molar-refractivity contribution in [3.8, 4) is 0 Å². The minimum absolute atomic E-state index is 0.158. The molecule has 1 aromatic heterocycles. The summed E-state index contributed by atoms with van der Waals surface area (Å²) in [7, 11) is 0. The van der Waals surface area contributed by atoms with Crippen molar-refractivity contribution in [2.75, 3.05) is 6.54 Å². The van der Waals surface area contributed by atoms with Crippen molar-refractivity contribution >= 4 is 11.8 Å². The van der Waals surface area contributed by atoms with Gasteiger partial charge >= 0.3 is 0 Å². The van der Waals surface area contributed by atoms with E-state index in [2.05, 4.69) is 47.7 Å². The number of hydrogen-bond acceptors (Lipinski definition) is 4. The molecule has 1 N–H and O–H groups in total. The van der Waals surface area contributed by atoms with Crippen molar-refractivity contribution in [3.05, 3.63) is 46.8 Å². The molecule has 1 aliphatic heterocycles. The molecule has 1 unspecified atom stereocenters. The van der Waals surface area contributed by atoms with Crippen LogP contribution in [-0.4, -0.2) is 44.3 Å². The van der Waals surface area contributed by atoms with Gasteiger partial charge in [-0.15, -0.1) is 5.10 Å². The van der Waals surface area contributed by atoms with Crippen molar-refractivity contribution in [1.29, 1.82) is 0 Å². The SMILES string of the molecule is Cc1ccc(CN2CC(Cn3cc(C(=O)NC4CCC4)nn3)CC2=O)cc1C. The molecule has 0 bridgehead atoms. The summed E-state index contributed by atoms with van der Waals surface area (Å²) in [6.07, 6.45) is 5.45. The van der Waals surface area contributed by atoms with Crippen molar-refractivity contribution in [2.24, 2.45) is 5.92 Å². The number of carbonyl (C=O) groups is 2. The Morgan fingerprint density at radius 2 is 2.07 bits per heavy atom. The third kappa shape index (κ3) is 4.08. The van der Waals surface area contributed by atoms with Gasteiger partial charge in [-0.3, -0.25) is 14.3 Å². The predicted octanol–water partition coefficient (Wildman–Crippen LogP) is 2.23. The van der Waals surface area contributed by atoms with E-state index >= 15 is 0 Å². The summed E-state index contributed by atoms with van der Waals surface area (Å²) in [6.45, 7) is 6.13. The normalized spacial score (nSPS) is 19.7. The molecule has 2 aromatic rings. The van der Waals surface area contributed by atoms with Crippen molar-refractivity contribution in [2.45, 2.75) is 58.7 Å². The molecule has 7 nitrogen and oxygen atoms in total. The molecular weight excluding hydrogens is 354 g/mol. The highest BCUT2D eigenvalue weighted by molar-refractivity contribution is 5.92. The van der Waals surface area contributed by atoms with E-state index < -0.39 is 0 Å². The minimum Gasteiger partial charge on any atom is -0.348 e. The predicted molar refractivity (Wildman–Crippen MR) is 105 cm³/mol. The highest BCUT2D eigenvalue weighted by Gasteiger charge is 2.30. The monoisotopic (exact) mass is 381 g/mol. The Balaban J connectivity index is 1.32. The van der Waals surface area contributed by atoms with Gasteiger partial charge in [0.15, 0.2) is 5.69 Å². The van der Waals surface area contributed by atoms with Crippen LogP contribution in [-0.2, 0) is 17.9 Å². The molecule has 1 atom stereocenters. The number of carbonyl (C=O) groups excluding carboxylic acids is 2. The summed E-state index contributed by atoms with van der Waals surface area (Å²) < 4.78 is 1.69. The molecule has 0 spiro atoms. The number of aryl methyl sites for hydroxylation is 2. The average Bonchev–Trinajstić information content (AvgIpc) is 3.22. The van der Waals surface area contributed by atoms with Crippen LogP contribution >= 0.6 is 0 Å². The number of nitrogens with zero attached hydrogens (tertiary/aromatic N) is 4. The lowest BCUT2D eigenvalue weighted by molar-refractivity contribution is -0.128. The molecule has 4 rings (SSSR count). The van der Waals surface area contributed by atoms with Gasteiger partial charge in [0.2, 0.25) is 5.91 Å². The van der Waals surface area contributed by atoms with Gasteiger partial charge in [-0.05, 0) is 49.8 Å². The van der Waals surface area contributed by atoms with Crippen LogP contribution < -0.4 is 5.32 Å². The number of benzene rings is 1. The van der Waals surface area contributed by atoms with E-state index in [4.69, 9.17) is 0 Å². The molecule has 2 aliphatic rings. The van der Waals surface area contributed by atoms with E-state index in [9.17, 15) is 9.59 Å². The van der Waals surface area contributed by atoms with Crippen LogP contribution in [0.3, 0.4) is 0 Å². The first-order chi connectivity index (χ1) is 13.5. The van der Waals surface area contributed by atoms with Crippen molar-refractivity contribution in [1.82, 2.24) is 25.2 Å². The first kappa shape index (κ1) is 18.7. The molecule has 1 saturated carbocycles. The van der Waals surface area contributed by atoms with Crippen molar-refractivity contribution in [3.63, 3.8) is 0 Å². The summed E-state index contributed by atoms with van der Waals surface area (Å²) in [5, 5.41) is 11.1. The standard InChI is InChI=1S/C21H27N5O2/c1-14-6-7-16(8-15(14)2)10-25-11-17(9-20(25)27)12-26-13-19(23-24-26)21(28)22-18-4-3-5-18/h6-8,13,17-18H,3-5,9-12H2,1-2H3,(H,22,28). The zero-order chi connectivity index (χ0) is 19.7. The lowest BCUT2D eigenvalue weighted by atomic mass is 9.93. The van der Waals surface area contributed by atoms with Gasteiger partial charge in [-0.25, -0.2) is 0 Å². The number of nitrogens with one attached hydrogen (secondary N) is 1. The number of aromatic nitrogens is 3. The van der Waals surface area contributed by atoms with E-state index in [0.29, 0.717) is 31.7 Å². The summed E-state index contributed by atoms with van der Waals surface area (Å²) in [5.41, 5.74) is 4.02. The molecule has 2 heterocycles. The number of amides is 2. The van der Waals surface area contributed by atoms with E-state index in [-0.39, 0.29) is 23.8 Å². The fourth-order valence-corrected chi connectivity index (χ4v) is 3.82. The summed E-state index contributed by atoms with van der Waals surface area (Å²) in [5.74, 6) is 0.199. The fraction of sp³-hybridized carbons (Fsp3) is 0.524. The van der Waals surface area contributed by atoms with Crippen molar-refractivity contribution < 1.29 is 9.59 Å². The van der Waals surface area contributed by atoms with E-state index in [1.54, 1.807) is 10.9 Å². The first-order valence-corrected chi connectivity index (χ1v) is 10.0. The molecule has 148 valence electrons. The highest BCUT2D eigenvalue weighted by atomic mass is 16.2. The largest absolute Gasteiger partial charge is 0.348 e. The quantitative estimate of drug-likeness (QED) is 0.832. The van der Waals surface area contributed by atoms with Crippen LogP contribution in [0.2, 0.25) is 0 Å². The topological polar surface area (TPSA) is 80.1 Å². The van der Waals surface area contributed by atoms with Gasteiger partial charge in [0.05, 0.1) is 6.20 Å².